The summed E-state index contributed by atoms with van der Waals surface area (Å²) in [6.45, 7) is 2.20. The molecule has 0 rings (SSSR count). The van der Waals surface area contributed by atoms with E-state index in [4.69, 9.17) is 15.6 Å². The lowest BCUT2D eigenvalue weighted by atomic mass is 10.3. The summed E-state index contributed by atoms with van der Waals surface area (Å²) in [5, 5.41) is 8.30. The number of amides is 1. The van der Waals surface area contributed by atoms with Gasteiger partial charge in [0.05, 0.1) is 19.8 Å². The number of hydrogen-bond donors (Lipinski definition) is 2. The minimum atomic E-state index is -0.447. The molecule has 0 aliphatic rings. The maximum atomic E-state index is 10.4. The second kappa shape index (κ2) is 5.88. The van der Waals surface area contributed by atoms with Crippen LogP contribution < -0.4 is 5.73 Å². The first-order valence-corrected chi connectivity index (χ1v) is 3.33. The number of carbonyl (C=O) groups excluding carboxylic acids is 1. The quantitative estimate of drug-likeness (QED) is 0.416. The summed E-state index contributed by atoms with van der Waals surface area (Å²) in [6.07, 6.45) is 1.58. The minimum Gasteiger partial charge on any atom is -0.394 e. The van der Waals surface area contributed by atoms with E-state index in [1.165, 1.54) is 0 Å². The molecule has 0 aliphatic carbocycles. The Morgan fingerprint density at radius 1 is 1.73 bits per heavy atom. The first-order valence-electron chi connectivity index (χ1n) is 3.33. The molecule has 0 spiro atoms. The van der Waals surface area contributed by atoms with Gasteiger partial charge in [0, 0.05) is 5.57 Å². The van der Waals surface area contributed by atoms with Crippen LogP contribution in [0.5, 0.6) is 0 Å². The first kappa shape index (κ1) is 10.1. The highest BCUT2D eigenvalue weighted by atomic mass is 16.5. The van der Waals surface area contributed by atoms with E-state index in [1.807, 2.05) is 0 Å². The Hall–Kier alpha value is -0.870. The van der Waals surface area contributed by atoms with Gasteiger partial charge in [-0.1, -0.05) is 6.08 Å². The van der Waals surface area contributed by atoms with Gasteiger partial charge in [-0.25, -0.2) is 0 Å². The molecule has 0 aliphatic heterocycles. The lowest BCUT2D eigenvalue weighted by Gasteiger charge is -1.97. The zero-order valence-corrected chi connectivity index (χ0v) is 6.54. The van der Waals surface area contributed by atoms with Crippen LogP contribution in [-0.2, 0) is 9.53 Å². The van der Waals surface area contributed by atoms with Crippen molar-refractivity contribution in [2.45, 2.75) is 6.92 Å². The molecule has 0 aromatic carbocycles. The molecule has 4 nitrogen and oxygen atoms in total. The van der Waals surface area contributed by atoms with Gasteiger partial charge in [0.15, 0.2) is 0 Å². The predicted molar refractivity (Wildman–Crippen MR) is 40.9 cm³/mol. The van der Waals surface area contributed by atoms with Crippen molar-refractivity contribution >= 4 is 5.91 Å². The molecule has 1 amide bonds. The molecule has 0 heterocycles. The number of primary amides is 1. The average Bonchev–Trinajstić information content (AvgIpc) is 1.97. The maximum absolute atomic E-state index is 10.4. The molecule has 0 aromatic heterocycles. The van der Waals surface area contributed by atoms with Crippen LogP contribution in [0.25, 0.3) is 0 Å². The molecule has 0 bridgehead atoms. The van der Waals surface area contributed by atoms with Gasteiger partial charge < -0.3 is 15.6 Å². The Morgan fingerprint density at radius 3 is 2.82 bits per heavy atom. The molecule has 0 fully saturated rings. The van der Waals surface area contributed by atoms with Gasteiger partial charge in [-0.3, -0.25) is 4.79 Å². The van der Waals surface area contributed by atoms with E-state index in [0.717, 1.165) is 0 Å². The molecule has 11 heavy (non-hydrogen) atoms. The van der Waals surface area contributed by atoms with Crippen molar-refractivity contribution in [3.8, 4) is 0 Å². The van der Waals surface area contributed by atoms with Crippen LogP contribution in [0, 0.1) is 0 Å². The van der Waals surface area contributed by atoms with Gasteiger partial charge >= 0.3 is 0 Å². The van der Waals surface area contributed by atoms with E-state index in [-0.39, 0.29) is 13.2 Å². The summed E-state index contributed by atoms with van der Waals surface area (Å²) in [5.74, 6) is -0.447. The second-order valence-corrected chi connectivity index (χ2v) is 2.05. The third kappa shape index (κ3) is 5.57. The largest absolute Gasteiger partial charge is 0.394 e. The summed E-state index contributed by atoms with van der Waals surface area (Å²) in [5.41, 5.74) is 5.41. The van der Waals surface area contributed by atoms with E-state index < -0.39 is 5.91 Å². The topological polar surface area (TPSA) is 72.6 Å². The van der Waals surface area contributed by atoms with E-state index in [0.29, 0.717) is 12.2 Å². The van der Waals surface area contributed by atoms with Crippen molar-refractivity contribution in [3.05, 3.63) is 11.6 Å². The fourth-order valence-corrected chi connectivity index (χ4v) is 0.432. The van der Waals surface area contributed by atoms with Crippen molar-refractivity contribution in [3.63, 3.8) is 0 Å². The van der Waals surface area contributed by atoms with Crippen LogP contribution in [0.2, 0.25) is 0 Å². The number of aliphatic hydroxyl groups excluding tert-OH is 1. The van der Waals surface area contributed by atoms with Gasteiger partial charge in [0.25, 0.3) is 0 Å². The lowest BCUT2D eigenvalue weighted by molar-refractivity contribution is -0.114. The molecular weight excluding hydrogens is 146 g/mol. The SMILES string of the molecule is C/C(=C\COCCO)C(N)=O. The van der Waals surface area contributed by atoms with Crippen LogP contribution in [0.15, 0.2) is 11.6 Å². The Bertz CT molecular complexity index is 154. The molecule has 0 saturated carbocycles. The van der Waals surface area contributed by atoms with Gasteiger partial charge in [-0.2, -0.15) is 0 Å². The minimum absolute atomic E-state index is 0.0105. The fourth-order valence-electron chi connectivity index (χ4n) is 0.432. The van der Waals surface area contributed by atoms with Gasteiger partial charge in [0.1, 0.15) is 0 Å². The van der Waals surface area contributed by atoms with E-state index >= 15 is 0 Å². The Kier molecular flexibility index (Phi) is 5.42. The van der Waals surface area contributed by atoms with E-state index in [9.17, 15) is 4.79 Å². The Morgan fingerprint density at radius 2 is 2.36 bits per heavy atom. The highest BCUT2D eigenvalue weighted by molar-refractivity contribution is 5.91. The normalized spacial score (nSPS) is 11.6. The number of carbonyl (C=O) groups is 1. The number of rotatable bonds is 5. The first-order chi connectivity index (χ1) is 5.18. The van der Waals surface area contributed by atoms with Crippen molar-refractivity contribution < 1.29 is 14.6 Å². The number of aliphatic hydroxyl groups is 1. The summed E-state index contributed by atoms with van der Waals surface area (Å²) >= 11 is 0. The predicted octanol–water partition coefficient (Wildman–Crippen LogP) is -0.573. The van der Waals surface area contributed by atoms with Gasteiger partial charge in [-0.05, 0) is 6.92 Å². The van der Waals surface area contributed by atoms with Gasteiger partial charge in [-0.15, -0.1) is 0 Å². The molecule has 0 atom stereocenters. The molecule has 0 unspecified atom stereocenters. The Labute approximate surface area is 65.6 Å². The van der Waals surface area contributed by atoms with Crippen LogP contribution in [0.3, 0.4) is 0 Å². The summed E-state index contributed by atoms with van der Waals surface area (Å²) in [7, 11) is 0. The standard InChI is InChI=1S/C7H13NO3/c1-6(7(8)10)2-4-11-5-3-9/h2,9H,3-5H2,1H3,(H2,8,10)/b6-2+. The van der Waals surface area contributed by atoms with Crippen molar-refractivity contribution in [1.29, 1.82) is 0 Å². The monoisotopic (exact) mass is 159 g/mol. The van der Waals surface area contributed by atoms with Crippen molar-refractivity contribution in [2.75, 3.05) is 19.8 Å². The molecule has 0 saturated heterocycles. The summed E-state index contributed by atoms with van der Waals surface area (Å²) in [4.78, 5) is 10.4. The number of ether oxygens (including phenoxy) is 1. The molecule has 0 aromatic rings. The second-order valence-electron chi connectivity index (χ2n) is 2.05. The maximum Gasteiger partial charge on any atom is 0.244 e. The highest BCUT2D eigenvalue weighted by Crippen LogP contribution is 1.89. The third-order valence-corrected chi connectivity index (χ3v) is 1.13. The number of hydrogen-bond acceptors (Lipinski definition) is 3. The zero-order chi connectivity index (χ0) is 8.69. The van der Waals surface area contributed by atoms with Crippen molar-refractivity contribution in [2.24, 2.45) is 5.73 Å². The molecule has 4 heteroatoms. The van der Waals surface area contributed by atoms with Crippen LogP contribution in [0.1, 0.15) is 6.92 Å². The van der Waals surface area contributed by atoms with Crippen molar-refractivity contribution in [1.82, 2.24) is 0 Å². The summed E-state index contributed by atoms with van der Waals surface area (Å²) < 4.78 is 4.87. The molecule has 0 radical (unpaired) electrons. The van der Waals surface area contributed by atoms with Crippen LogP contribution in [-0.4, -0.2) is 30.8 Å². The fraction of sp³-hybridized carbons (Fsp3) is 0.571. The third-order valence-electron chi connectivity index (χ3n) is 1.13. The molecule has 3 N–H and O–H groups in total. The van der Waals surface area contributed by atoms with Gasteiger partial charge in [0.2, 0.25) is 5.91 Å². The highest BCUT2D eigenvalue weighted by Gasteiger charge is 1.94. The van der Waals surface area contributed by atoms with Crippen LogP contribution in [0.4, 0.5) is 0 Å². The zero-order valence-electron chi connectivity index (χ0n) is 6.54. The lowest BCUT2D eigenvalue weighted by Crippen LogP contribution is -2.12. The summed E-state index contributed by atoms with van der Waals surface area (Å²) in [6, 6.07) is 0. The average molecular weight is 159 g/mol. The van der Waals surface area contributed by atoms with Crippen LogP contribution >= 0.6 is 0 Å². The van der Waals surface area contributed by atoms with E-state index in [2.05, 4.69) is 0 Å². The molecule has 64 valence electrons. The number of nitrogens with two attached hydrogens (primary N) is 1. The molecular formula is C7H13NO3. The smallest absolute Gasteiger partial charge is 0.244 e. The Balaban J connectivity index is 3.48. The van der Waals surface area contributed by atoms with E-state index in [1.54, 1.807) is 13.0 Å².